The third-order valence-electron chi connectivity index (χ3n) is 4.55. The molecule has 0 aromatic heterocycles. The summed E-state index contributed by atoms with van der Waals surface area (Å²) in [4.78, 5) is 0. The summed E-state index contributed by atoms with van der Waals surface area (Å²) in [6.07, 6.45) is -9.36. The number of benzene rings is 2. The maximum absolute atomic E-state index is 13.5. The molecule has 31 heavy (non-hydrogen) atoms. The van der Waals surface area contributed by atoms with Gasteiger partial charge in [-0.15, -0.1) is 0 Å². The molecule has 0 spiro atoms. The van der Waals surface area contributed by atoms with Crippen molar-refractivity contribution in [1.29, 1.82) is 0 Å². The normalized spacial score (nSPS) is 14.2. The first-order chi connectivity index (χ1) is 14.6. The second kappa shape index (κ2) is 10.7. The van der Waals surface area contributed by atoms with E-state index in [4.69, 9.17) is 14.2 Å². The Balaban J connectivity index is 2.11. The molecule has 172 valence electrons. The molecular formula is C22H24F6O3. The second-order valence-electron chi connectivity index (χ2n) is 6.73. The van der Waals surface area contributed by atoms with Gasteiger partial charge in [0.05, 0.1) is 26.4 Å². The van der Waals surface area contributed by atoms with Crippen LogP contribution in [-0.2, 0) is 4.74 Å². The molecule has 2 aromatic carbocycles. The van der Waals surface area contributed by atoms with Crippen LogP contribution in [-0.4, -0.2) is 38.8 Å². The van der Waals surface area contributed by atoms with Gasteiger partial charge in [-0.2, -0.15) is 26.3 Å². The van der Waals surface area contributed by atoms with Crippen LogP contribution in [0.5, 0.6) is 11.5 Å². The van der Waals surface area contributed by atoms with Crippen LogP contribution in [0.2, 0.25) is 0 Å². The van der Waals surface area contributed by atoms with Crippen LogP contribution >= 0.6 is 0 Å². The van der Waals surface area contributed by atoms with Crippen LogP contribution in [0.1, 0.15) is 36.8 Å². The van der Waals surface area contributed by atoms with Crippen LogP contribution in [0.4, 0.5) is 26.3 Å². The first-order valence-corrected chi connectivity index (χ1v) is 9.72. The van der Waals surface area contributed by atoms with Crippen molar-refractivity contribution >= 4 is 0 Å². The average Bonchev–Trinajstić information content (AvgIpc) is 2.68. The molecule has 0 aliphatic heterocycles. The monoisotopic (exact) mass is 450 g/mol. The lowest BCUT2D eigenvalue weighted by molar-refractivity contribution is -0.177. The maximum atomic E-state index is 13.5. The minimum Gasteiger partial charge on any atom is -0.494 e. The molecule has 0 radical (unpaired) electrons. The van der Waals surface area contributed by atoms with Crippen molar-refractivity contribution < 1.29 is 40.6 Å². The molecule has 0 heterocycles. The van der Waals surface area contributed by atoms with Crippen LogP contribution in [0, 0.1) is 0 Å². The molecule has 0 N–H and O–H groups in total. The predicted octanol–water partition coefficient (Wildman–Crippen LogP) is 6.49. The van der Waals surface area contributed by atoms with E-state index in [0.29, 0.717) is 24.7 Å². The van der Waals surface area contributed by atoms with E-state index in [9.17, 15) is 26.3 Å². The van der Waals surface area contributed by atoms with Crippen molar-refractivity contribution in [2.75, 3.05) is 26.4 Å². The summed E-state index contributed by atoms with van der Waals surface area (Å²) >= 11 is 0. The van der Waals surface area contributed by atoms with Crippen molar-refractivity contribution in [2.45, 2.75) is 38.0 Å². The number of hydrogen-bond donors (Lipinski definition) is 0. The largest absolute Gasteiger partial charge is 0.494 e. The maximum Gasteiger partial charge on any atom is 0.397 e. The van der Waals surface area contributed by atoms with Gasteiger partial charge in [-0.25, -0.2) is 0 Å². The molecule has 9 heteroatoms. The van der Waals surface area contributed by atoms with Crippen molar-refractivity contribution in [3.05, 3.63) is 59.7 Å². The lowest BCUT2D eigenvalue weighted by atomic mass is 9.98. The zero-order valence-electron chi connectivity index (χ0n) is 17.1. The molecule has 2 rings (SSSR count). The molecule has 0 fully saturated rings. The Morgan fingerprint density at radius 3 is 1.19 bits per heavy atom. The molecule has 2 unspecified atom stereocenters. The fourth-order valence-electron chi connectivity index (χ4n) is 2.99. The van der Waals surface area contributed by atoms with Gasteiger partial charge in [0.1, 0.15) is 23.3 Å². The molecule has 0 saturated carbocycles. The second-order valence-corrected chi connectivity index (χ2v) is 6.73. The summed E-state index contributed by atoms with van der Waals surface area (Å²) in [5, 5.41) is 0. The summed E-state index contributed by atoms with van der Waals surface area (Å²) in [7, 11) is 0. The van der Waals surface area contributed by atoms with Gasteiger partial charge in [0.15, 0.2) is 0 Å². The summed E-state index contributed by atoms with van der Waals surface area (Å²) in [5.74, 6) is -3.31. The van der Waals surface area contributed by atoms with Crippen molar-refractivity contribution in [3.8, 4) is 11.5 Å². The number of hydrogen-bond acceptors (Lipinski definition) is 3. The Bertz CT molecular complexity index is 717. The van der Waals surface area contributed by atoms with Crippen LogP contribution in [0.25, 0.3) is 0 Å². The fraction of sp³-hybridized carbons (Fsp3) is 0.455. The molecule has 2 atom stereocenters. The zero-order valence-corrected chi connectivity index (χ0v) is 17.1. The molecule has 0 bridgehead atoms. The van der Waals surface area contributed by atoms with Gasteiger partial charge in [0.25, 0.3) is 0 Å². The van der Waals surface area contributed by atoms with E-state index in [0.717, 1.165) is 0 Å². The van der Waals surface area contributed by atoms with Gasteiger partial charge < -0.3 is 14.2 Å². The fourth-order valence-corrected chi connectivity index (χ4v) is 2.99. The quantitative estimate of drug-likeness (QED) is 0.387. The highest BCUT2D eigenvalue weighted by Crippen LogP contribution is 2.38. The van der Waals surface area contributed by atoms with E-state index in [1.54, 1.807) is 13.8 Å². The standard InChI is InChI=1S/C22H24F6O3/c1-3-30-17-9-5-15(6-10-17)19(21(23,24)25)13-29-14-20(22(26,27)28)16-7-11-18(12-8-16)31-4-2/h5-12,19-20H,3-4,13-14H2,1-2H3. The van der Waals surface area contributed by atoms with Gasteiger partial charge in [0, 0.05) is 0 Å². The summed E-state index contributed by atoms with van der Waals surface area (Å²) < 4.78 is 96.4. The predicted molar refractivity (Wildman–Crippen MR) is 104 cm³/mol. The molecule has 2 aromatic rings. The molecule has 0 amide bonds. The Morgan fingerprint density at radius 1 is 0.613 bits per heavy atom. The van der Waals surface area contributed by atoms with Crippen molar-refractivity contribution in [3.63, 3.8) is 0 Å². The first kappa shape index (κ1) is 24.8. The molecule has 3 nitrogen and oxygen atoms in total. The van der Waals surface area contributed by atoms with E-state index >= 15 is 0 Å². The minimum atomic E-state index is -4.68. The number of rotatable bonds is 10. The zero-order chi connectivity index (χ0) is 23.1. The van der Waals surface area contributed by atoms with E-state index < -0.39 is 37.4 Å². The highest BCUT2D eigenvalue weighted by molar-refractivity contribution is 5.31. The van der Waals surface area contributed by atoms with Crippen LogP contribution in [0.3, 0.4) is 0 Å². The summed E-state index contributed by atoms with van der Waals surface area (Å²) in [5.41, 5.74) is -0.221. The van der Waals surface area contributed by atoms with E-state index in [2.05, 4.69) is 0 Å². The Hall–Kier alpha value is -2.42. The Kier molecular flexibility index (Phi) is 8.61. The SMILES string of the molecule is CCOc1ccc(C(COCC(c2ccc(OCC)cc2)C(F)(F)F)C(F)(F)F)cc1. The Labute approximate surface area is 176 Å². The third-order valence-corrected chi connectivity index (χ3v) is 4.55. The molecule has 0 aliphatic carbocycles. The first-order valence-electron chi connectivity index (χ1n) is 9.72. The Morgan fingerprint density at radius 2 is 0.935 bits per heavy atom. The van der Waals surface area contributed by atoms with E-state index in [1.807, 2.05) is 0 Å². The average molecular weight is 450 g/mol. The van der Waals surface area contributed by atoms with Gasteiger partial charge in [-0.1, -0.05) is 24.3 Å². The lowest BCUT2D eigenvalue weighted by Gasteiger charge is -2.24. The van der Waals surface area contributed by atoms with Crippen molar-refractivity contribution in [1.82, 2.24) is 0 Å². The minimum absolute atomic E-state index is 0.111. The number of ether oxygens (including phenoxy) is 3. The van der Waals surface area contributed by atoms with Gasteiger partial charge in [-0.05, 0) is 49.2 Å². The molecule has 0 aliphatic rings. The van der Waals surface area contributed by atoms with Crippen LogP contribution < -0.4 is 9.47 Å². The number of alkyl halides is 6. The number of halogens is 6. The smallest absolute Gasteiger partial charge is 0.397 e. The highest BCUT2D eigenvalue weighted by atomic mass is 19.4. The topological polar surface area (TPSA) is 27.7 Å². The van der Waals surface area contributed by atoms with Gasteiger partial charge in [0.2, 0.25) is 0 Å². The highest BCUT2D eigenvalue weighted by Gasteiger charge is 2.43. The van der Waals surface area contributed by atoms with Gasteiger partial charge >= 0.3 is 12.4 Å². The molecular weight excluding hydrogens is 426 g/mol. The van der Waals surface area contributed by atoms with Gasteiger partial charge in [-0.3, -0.25) is 0 Å². The summed E-state index contributed by atoms with van der Waals surface area (Å²) in [6, 6.07) is 10.5. The van der Waals surface area contributed by atoms with E-state index in [1.165, 1.54) is 48.5 Å². The van der Waals surface area contributed by atoms with E-state index in [-0.39, 0.29) is 11.1 Å². The lowest BCUT2D eigenvalue weighted by Crippen LogP contribution is -2.29. The van der Waals surface area contributed by atoms with Crippen molar-refractivity contribution in [2.24, 2.45) is 0 Å². The summed E-state index contributed by atoms with van der Waals surface area (Å²) in [6.45, 7) is 2.33. The molecule has 0 saturated heterocycles. The third kappa shape index (κ3) is 7.34. The van der Waals surface area contributed by atoms with Crippen LogP contribution in [0.15, 0.2) is 48.5 Å².